The Hall–Kier alpha value is -4.40. The number of fused-ring (bicyclic) bond motifs is 2. The minimum atomic E-state index is -4.43. The second-order valence-electron chi connectivity index (χ2n) is 7.71. The lowest BCUT2D eigenvalue weighted by atomic mass is 9.99. The lowest BCUT2D eigenvalue weighted by Gasteiger charge is -2.12. The third-order valence-electron chi connectivity index (χ3n) is 5.33. The monoisotopic (exact) mass is 486 g/mol. The molecule has 0 aliphatic heterocycles. The minimum absolute atomic E-state index is 0.146. The second-order valence-corrected chi connectivity index (χ2v) is 9.10. The molecule has 5 rings (SSSR count). The van der Waals surface area contributed by atoms with Crippen LogP contribution in [0.2, 0.25) is 0 Å². The Morgan fingerprint density at radius 3 is 1.89 bits per heavy atom. The summed E-state index contributed by atoms with van der Waals surface area (Å²) >= 11 is 0. The molecular formula is C27H22N2O5S. The number of phenolic OH excluding ortho intramolecular Hbond substituents is 1. The van der Waals surface area contributed by atoms with E-state index in [1.807, 2.05) is 42.5 Å². The summed E-state index contributed by atoms with van der Waals surface area (Å²) in [6.07, 6.45) is 0. The Labute approximate surface area is 202 Å². The van der Waals surface area contributed by atoms with Gasteiger partial charge in [-0.25, -0.2) is 0 Å². The topological polar surface area (TPSA) is 130 Å². The van der Waals surface area contributed by atoms with Gasteiger partial charge in [-0.2, -0.15) is 8.42 Å². The number of para-hydroxylation sites is 3. The van der Waals surface area contributed by atoms with Crippen LogP contribution in [0.15, 0.2) is 108 Å². The zero-order valence-electron chi connectivity index (χ0n) is 18.4. The zero-order valence-corrected chi connectivity index (χ0v) is 19.2. The van der Waals surface area contributed by atoms with Crippen LogP contribution >= 0.6 is 0 Å². The van der Waals surface area contributed by atoms with Crippen molar-refractivity contribution in [2.75, 3.05) is 11.1 Å². The molecule has 0 heterocycles. The van der Waals surface area contributed by atoms with E-state index >= 15 is 0 Å². The lowest BCUT2D eigenvalue weighted by molar-refractivity contribution is 0.102. The van der Waals surface area contributed by atoms with E-state index in [1.165, 1.54) is 12.1 Å². The van der Waals surface area contributed by atoms with Crippen molar-refractivity contribution in [3.05, 3.63) is 109 Å². The summed E-state index contributed by atoms with van der Waals surface area (Å²) in [5, 5.41) is 14.0. The van der Waals surface area contributed by atoms with Crippen LogP contribution in [-0.4, -0.2) is 24.0 Å². The van der Waals surface area contributed by atoms with Crippen LogP contribution < -0.4 is 11.1 Å². The summed E-state index contributed by atoms with van der Waals surface area (Å²) in [7, 11) is -4.43. The summed E-state index contributed by atoms with van der Waals surface area (Å²) in [6, 6.07) is 29.2. The highest BCUT2D eigenvalue weighted by molar-refractivity contribution is 7.86. The number of hydrogen-bond donors (Lipinski definition) is 4. The van der Waals surface area contributed by atoms with Gasteiger partial charge in [-0.3, -0.25) is 9.35 Å². The van der Waals surface area contributed by atoms with Crippen molar-refractivity contribution >= 4 is 48.9 Å². The number of nitrogens with two attached hydrogens (primary N) is 1. The molecule has 8 heteroatoms. The van der Waals surface area contributed by atoms with E-state index in [0.717, 1.165) is 10.8 Å². The van der Waals surface area contributed by atoms with Crippen LogP contribution in [0.1, 0.15) is 10.4 Å². The molecule has 1 amide bonds. The van der Waals surface area contributed by atoms with Gasteiger partial charge >= 0.3 is 0 Å². The van der Waals surface area contributed by atoms with Gasteiger partial charge in [-0.15, -0.1) is 0 Å². The molecule has 176 valence electrons. The number of hydrogen-bond acceptors (Lipinski definition) is 5. The van der Waals surface area contributed by atoms with E-state index in [-0.39, 0.29) is 16.6 Å². The first-order valence-electron chi connectivity index (χ1n) is 10.6. The van der Waals surface area contributed by atoms with Gasteiger partial charge < -0.3 is 16.2 Å². The SMILES string of the molecule is Nc1ccccc1O.O=C(Nc1ccccc1)c1ccc(S(=O)(=O)O)c2cc3ccccc3cc12. The van der Waals surface area contributed by atoms with Crippen molar-refractivity contribution in [3.8, 4) is 5.75 Å². The van der Waals surface area contributed by atoms with Gasteiger partial charge in [0.05, 0.1) is 5.69 Å². The van der Waals surface area contributed by atoms with E-state index in [4.69, 9.17) is 10.8 Å². The maximum absolute atomic E-state index is 12.8. The first-order valence-corrected chi connectivity index (χ1v) is 12.0. The van der Waals surface area contributed by atoms with Gasteiger partial charge in [0.1, 0.15) is 10.6 Å². The second kappa shape index (κ2) is 9.84. The summed E-state index contributed by atoms with van der Waals surface area (Å²) in [5.74, 6) is -0.212. The number of amides is 1. The van der Waals surface area contributed by atoms with Crippen molar-refractivity contribution in [1.82, 2.24) is 0 Å². The molecule has 0 saturated heterocycles. The molecule has 0 saturated carbocycles. The quantitative estimate of drug-likeness (QED) is 0.116. The zero-order chi connectivity index (χ0) is 25.0. The maximum atomic E-state index is 12.8. The molecule has 7 nitrogen and oxygen atoms in total. The van der Waals surface area contributed by atoms with E-state index in [9.17, 15) is 17.8 Å². The van der Waals surface area contributed by atoms with Crippen molar-refractivity contribution in [3.63, 3.8) is 0 Å². The highest BCUT2D eigenvalue weighted by Crippen LogP contribution is 2.31. The molecule has 0 bridgehead atoms. The first-order chi connectivity index (χ1) is 16.7. The molecular weight excluding hydrogens is 464 g/mol. The summed E-state index contributed by atoms with van der Waals surface area (Å²) < 4.78 is 33.2. The fourth-order valence-corrected chi connectivity index (χ4v) is 4.32. The highest BCUT2D eigenvalue weighted by atomic mass is 32.2. The predicted molar refractivity (Wildman–Crippen MR) is 138 cm³/mol. The fourth-order valence-electron chi connectivity index (χ4n) is 3.64. The molecule has 0 aliphatic rings. The molecule has 5 N–H and O–H groups in total. The van der Waals surface area contributed by atoms with Crippen LogP contribution in [0.3, 0.4) is 0 Å². The van der Waals surface area contributed by atoms with Gasteiger partial charge in [0.2, 0.25) is 0 Å². The molecule has 0 aromatic heterocycles. The fraction of sp³-hybridized carbons (Fsp3) is 0. The van der Waals surface area contributed by atoms with Crippen LogP contribution in [0, 0.1) is 0 Å². The van der Waals surface area contributed by atoms with Crippen LogP contribution in [0.4, 0.5) is 11.4 Å². The molecule has 0 aliphatic carbocycles. The Morgan fingerprint density at radius 1 is 0.743 bits per heavy atom. The molecule has 0 radical (unpaired) electrons. The van der Waals surface area contributed by atoms with Crippen LogP contribution in [0.5, 0.6) is 5.75 Å². The number of rotatable bonds is 3. The number of nitrogen functional groups attached to an aromatic ring is 1. The number of anilines is 2. The number of nitrogens with one attached hydrogen (secondary N) is 1. The molecule has 0 atom stereocenters. The number of carbonyl (C=O) groups is 1. The number of phenols is 1. The molecule has 0 unspecified atom stereocenters. The molecule has 0 fully saturated rings. The Bertz CT molecular complexity index is 1610. The largest absolute Gasteiger partial charge is 0.506 e. The Kier molecular flexibility index (Phi) is 6.68. The van der Waals surface area contributed by atoms with Crippen molar-refractivity contribution < 1.29 is 22.9 Å². The lowest BCUT2D eigenvalue weighted by Crippen LogP contribution is -2.13. The maximum Gasteiger partial charge on any atom is 0.295 e. The Morgan fingerprint density at radius 2 is 1.31 bits per heavy atom. The van der Waals surface area contributed by atoms with Gasteiger partial charge in [-0.1, -0.05) is 54.6 Å². The Balaban J connectivity index is 0.000000308. The van der Waals surface area contributed by atoms with Crippen LogP contribution in [-0.2, 0) is 10.1 Å². The number of carbonyl (C=O) groups excluding carboxylic acids is 1. The summed E-state index contributed by atoms with van der Waals surface area (Å²) in [5.41, 5.74) is 6.65. The van der Waals surface area contributed by atoms with Crippen molar-refractivity contribution in [2.24, 2.45) is 0 Å². The minimum Gasteiger partial charge on any atom is -0.506 e. The van der Waals surface area contributed by atoms with Crippen molar-refractivity contribution in [1.29, 1.82) is 0 Å². The molecule has 5 aromatic rings. The molecule has 35 heavy (non-hydrogen) atoms. The van der Waals surface area contributed by atoms with E-state index < -0.39 is 10.1 Å². The smallest absolute Gasteiger partial charge is 0.295 e. The first kappa shape index (κ1) is 23.7. The van der Waals surface area contributed by atoms with E-state index in [2.05, 4.69) is 5.32 Å². The van der Waals surface area contributed by atoms with Gasteiger partial charge in [0.15, 0.2) is 0 Å². The molecule has 0 spiro atoms. The summed E-state index contributed by atoms with van der Waals surface area (Å²) in [6.45, 7) is 0. The normalized spacial score (nSPS) is 11.0. The van der Waals surface area contributed by atoms with Gasteiger partial charge in [0.25, 0.3) is 16.0 Å². The highest BCUT2D eigenvalue weighted by Gasteiger charge is 2.19. The predicted octanol–water partition coefficient (Wildman–Crippen LogP) is 5.47. The van der Waals surface area contributed by atoms with E-state index in [1.54, 1.807) is 48.5 Å². The van der Waals surface area contributed by atoms with Crippen LogP contribution in [0.25, 0.3) is 21.5 Å². The average molecular weight is 487 g/mol. The average Bonchev–Trinajstić information content (AvgIpc) is 2.84. The van der Waals surface area contributed by atoms with Crippen molar-refractivity contribution in [2.45, 2.75) is 4.90 Å². The van der Waals surface area contributed by atoms with Gasteiger partial charge in [0, 0.05) is 16.6 Å². The van der Waals surface area contributed by atoms with E-state index in [0.29, 0.717) is 27.7 Å². The number of aromatic hydroxyl groups is 1. The summed E-state index contributed by atoms with van der Waals surface area (Å²) in [4.78, 5) is 12.6. The standard InChI is InChI=1S/C21H15NO4S.C6H7NO/c23-21(22-16-8-2-1-3-9-16)17-10-11-20(27(24,25)26)19-13-15-7-5-4-6-14(15)12-18(17)19;7-5-3-1-2-4-6(5)8/h1-13H,(H,22,23)(H,24,25,26);1-4,8H,7H2. The molecule has 5 aromatic carbocycles. The third kappa shape index (κ3) is 5.40. The third-order valence-corrected chi connectivity index (χ3v) is 6.25. The van der Waals surface area contributed by atoms with Gasteiger partial charge in [-0.05, 0) is 64.7 Å². The number of benzene rings is 5.